The van der Waals surface area contributed by atoms with Crippen LogP contribution in [0.2, 0.25) is 0 Å². The maximum atomic E-state index is 13.4. The summed E-state index contributed by atoms with van der Waals surface area (Å²) in [4.78, 5) is 13.2. The van der Waals surface area contributed by atoms with Gasteiger partial charge in [-0.3, -0.25) is 4.79 Å². The molecule has 0 atom stereocenters. The van der Waals surface area contributed by atoms with Crippen LogP contribution in [0.25, 0.3) is 0 Å². The van der Waals surface area contributed by atoms with Gasteiger partial charge in [0.05, 0.1) is 5.56 Å². The Bertz CT molecular complexity index is 420. The molecule has 15 heavy (non-hydrogen) atoms. The lowest BCUT2D eigenvalue weighted by Gasteiger charge is -2.28. The van der Waals surface area contributed by atoms with Gasteiger partial charge in [-0.15, -0.1) is 0 Å². The summed E-state index contributed by atoms with van der Waals surface area (Å²) in [5.41, 5.74) is 2.31. The molecule has 0 fully saturated rings. The van der Waals surface area contributed by atoms with E-state index in [9.17, 15) is 14.4 Å². The first kappa shape index (κ1) is 9.92. The molecule has 1 heterocycles. The van der Waals surface area contributed by atoms with Crippen LogP contribution in [0.5, 0.6) is 0 Å². The zero-order valence-electron chi connectivity index (χ0n) is 8.21. The van der Waals surface area contributed by atoms with E-state index < -0.39 is 5.82 Å². The Balaban J connectivity index is 2.63. The van der Waals surface area contributed by atoms with Gasteiger partial charge in [-0.25, -0.2) is 4.39 Å². The van der Waals surface area contributed by atoms with E-state index in [-0.39, 0.29) is 17.2 Å². The number of anilines is 1. The molecule has 0 spiro atoms. The number of nitrogens with zero attached hydrogens (tertiary/aromatic N) is 1. The molecular weight excluding hydrogens is 199 g/mol. The van der Waals surface area contributed by atoms with Crippen molar-refractivity contribution in [3.63, 3.8) is 0 Å². The third kappa shape index (κ3) is 1.45. The number of benzene rings is 1. The van der Waals surface area contributed by atoms with Crippen LogP contribution in [0.3, 0.4) is 0 Å². The zero-order valence-corrected chi connectivity index (χ0v) is 8.21. The summed E-state index contributed by atoms with van der Waals surface area (Å²) in [6.45, 7) is 0.477. The predicted molar refractivity (Wildman–Crippen MR) is 54.1 cm³/mol. The molecule has 2 rings (SSSR count). The molecule has 0 bridgehead atoms. The van der Waals surface area contributed by atoms with E-state index in [4.69, 9.17) is 0 Å². The van der Waals surface area contributed by atoms with Gasteiger partial charge in [0.2, 0.25) is 0 Å². The number of hydrogen-bond acceptors (Lipinski definition) is 3. The Kier molecular flexibility index (Phi) is 2.32. The third-order valence-electron chi connectivity index (χ3n) is 2.62. The first-order valence-electron chi connectivity index (χ1n) is 4.60. The van der Waals surface area contributed by atoms with Gasteiger partial charge in [0.25, 0.3) is 5.91 Å². The van der Waals surface area contributed by atoms with Crippen molar-refractivity contribution in [2.75, 3.05) is 19.1 Å². The van der Waals surface area contributed by atoms with Gasteiger partial charge in [-0.05, 0) is 18.6 Å². The van der Waals surface area contributed by atoms with Crippen LogP contribution < -0.4 is 5.48 Å². The van der Waals surface area contributed by atoms with E-state index in [1.165, 1.54) is 17.0 Å². The molecule has 4 nitrogen and oxygen atoms in total. The van der Waals surface area contributed by atoms with Crippen molar-refractivity contribution in [2.45, 2.75) is 6.42 Å². The predicted octanol–water partition coefficient (Wildman–Crippen LogP) is 1.36. The van der Waals surface area contributed by atoms with E-state index in [0.717, 1.165) is 0 Å². The Morgan fingerprint density at radius 2 is 2.27 bits per heavy atom. The fourth-order valence-corrected chi connectivity index (χ4v) is 1.77. The van der Waals surface area contributed by atoms with Crippen molar-refractivity contribution < 1.29 is 9.18 Å². The number of likely N-dealkylation sites (N-methyl/N-ethyl adjacent to an activating group) is 1. The summed E-state index contributed by atoms with van der Waals surface area (Å²) in [5, 5.41) is 10.6. The van der Waals surface area contributed by atoms with E-state index in [1.807, 2.05) is 0 Å². The summed E-state index contributed by atoms with van der Waals surface area (Å²) in [5.74, 6) is -0.737. The van der Waals surface area contributed by atoms with E-state index in [0.29, 0.717) is 18.5 Å². The van der Waals surface area contributed by atoms with Crippen LogP contribution in [-0.4, -0.2) is 24.4 Å². The zero-order chi connectivity index (χ0) is 11.0. The summed E-state index contributed by atoms with van der Waals surface area (Å²) in [7, 11) is 1.63. The normalized spacial score (nSPS) is 15.1. The first-order chi connectivity index (χ1) is 7.15. The van der Waals surface area contributed by atoms with Gasteiger partial charge < -0.3 is 15.6 Å². The van der Waals surface area contributed by atoms with Crippen molar-refractivity contribution in [3.8, 4) is 0 Å². The van der Waals surface area contributed by atoms with E-state index in [1.54, 1.807) is 12.5 Å². The molecule has 0 radical (unpaired) electrons. The standard InChI is InChI=1S/C10H10FN2O2/c1-13-5-4-6-7(11)2-3-8(12-15)9(6)10(13)14/h2-3,12H,4-5H2,1H3/q-1. The molecule has 0 unspecified atom stereocenters. The number of halogens is 1. The number of carbonyl (C=O) groups is 1. The topological polar surface area (TPSA) is 55.4 Å². The lowest BCUT2D eigenvalue weighted by molar-refractivity contribution is 0.0780. The van der Waals surface area contributed by atoms with Crippen molar-refractivity contribution in [2.24, 2.45) is 0 Å². The highest BCUT2D eigenvalue weighted by molar-refractivity contribution is 6.02. The molecule has 0 saturated heterocycles. The SMILES string of the molecule is CN1CCc2c(F)ccc(N[O-])c2C1=O. The van der Waals surface area contributed by atoms with Crippen molar-refractivity contribution in [1.82, 2.24) is 4.90 Å². The molecule has 0 aliphatic carbocycles. The van der Waals surface area contributed by atoms with Crippen LogP contribution >= 0.6 is 0 Å². The Labute approximate surface area is 86.3 Å². The number of hydrogen-bond donors (Lipinski definition) is 1. The Morgan fingerprint density at radius 1 is 1.53 bits per heavy atom. The molecule has 1 aromatic rings. The van der Waals surface area contributed by atoms with Gasteiger partial charge in [0.15, 0.2) is 0 Å². The molecule has 1 aliphatic heterocycles. The molecule has 1 N–H and O–H groups in total. The summed E-state index contributed by atoms with van der Waals surface area (Å²) in [6.07, 6.45) is 0.443. The van der Waals surface area contributed by atoms with Crippen LogP contribution in [-0.2, 0) is 6.42 Å². The number of amides is 1. The lowest BCUT2D eigenvalue weighted by atomic mass is 9.97. The minimum Gasteiger partial charge on any atom is -0.761 e. The van der Waals surface area contributed by atoms with Gasteiger partial charge in [-0.1, -0.05) is 0 Å². The number of rotatable bonds is 1. The van der Waals surface area contributed by atoms with Gasteiger partial charge >= 0.3 is 0 Å². The van der Waals surface area contributed by atoms with Gasteiger partial charge in [0, 0.05) is 24.8 Å². The number of fused-ring (bicyclic) bond motifs is 1. The molecule has 5 heteroatoms. The maximum absolute atomic E-state index is 13.4. The average molecular weight is 209 g/mol. The summed E-state index contributed by atoms with van der Waals surface area (Å²) < 4.78 is 13.4. The second-order valence-electron chi connectivity index (χ2n) is 3.53. The van der Waals surface area contributed by atoms with Crippen LogP contribution in [0.4, 0.5) is 10.1 Å². The van der Waals surface area contributed by atoms with Crippen LogP contribution in [0.15, 0.2) is 12.1 Å². The number of carbonyl (C=O) groups excluding carboxylic acids is 1. The Morgan fingerprint density at radius 3 is 2.93 bits per heavy atom. The lowest BCUT2D eigenvalue weighted by Crippen LogP contribution is -2.35. The molecule has 1 aliphatic rings. The van der Waals surface area contributed by atoms with E-state index >= 15 is 0 Å². The van der Waals surface area contributed by atoms with Crippen molar-refractivity contribution in [3.05, 3.63) is 34.3 Å². The first-order valence-corrected chi connectivity index (χ1v) is 4.60. The number of nitrogens with one attached hydrogen (secondary N) is 1. The quantitative estimate of drug-likeness (QED) is 0.710. The molecule has 0 aromatic heterocycles. The smallest absolute Gasteiger partial charge is 0.256 e. The van der Waals surface area contributed by atoms with Gasteiger partial charge in [0.1, 0.15) is 5.82 Å². The minimum absolute atomic E-state index is 0.142. The molecule has 1 amide bonds. The monoisotopic (exact) mass is 209 g/mol. The Hall–Kier alpha value is -1.62. The highest BCUT2D eigenvalue weighted by atomic mass is 19.1. The van der Waals surface area contributed by atoms with Gasteiger partial charge in [-0.2, -0.15) is 0 Å². The molecule has 0 saturated carbocycles. The fourth-order valence-electron chi connectivity index (χ4n) is 1.77. The second kappa shape index (κ2) is 3.51. The highest BCUT2D eigenvalue weighted by Crippen LogP contribution is 2.27. The molecule has 80 valence electrons. The summed E-state index contributed by atoms with van der Waals surface area (Å²) >= 11 is 0. The highest BCUT2D eigenvalue weighted by Gasteiger charge is 2.26. The minimum atomic E-state index is -0.426. The molecular formula is C10H10FN2O2-. The van der Waals surface area contributed by atoms with Crippen LogP contribution in [0.1, 0.15) is 15.9 Å². The van der Waals surface area contributed by atoms with Crippen LogP contribution in [0, 0.1) is 11.0 Å². The van der Waals surface area contributed by atoms with Crippen molar-refractivity contribution >= 4 is 11.6 Å². The summed E-state index contributed by atoms with van der Waals surface area (Å²) in [6, 6.07) is 2.50. The van der Waals surface area contributed by atoms with Crippen molar-refractivity contribution in [1.29, 1.82) is 0 Å². The van der Waals surface area contributed by atoms with E-state index in [2.05, 4.69) is 0 Å². The fraction of sp³-hybridized carbons (Fsp3) is 0.300. The third-order valence-corrected chi connectivity index (χ3v) is 2.62. The largest absolute Gasteiger partial charge is 0.761 e. The average Bonchev–Trinajstić information content (AvgIpc) is 2.24. The second-order valence-corrected chi connectivity index (χ2v) is 3.53. The molecule has 1 aromatic carbocycles. The maximum Gasteiger partial charge on any atom is 0.256 e.